The van der Waals surface area contributed by atoms with Gasteiger partial charge in [0, 0.05) is 0 Å². The van der Waals surface area contributed by atoms with Crippen LogP contribution in [0.4, 0.5) is 0 Å². The van der Waals surface area contributed by atoms with Crippen LogP contribution in [0.1, 0.15) is 46.0 Å². The number of hydrogen-bond donors (Lipinski definition) is 1. The highest BCUT2D eigenvalue weighted by Gasteiger charge is 2.49. The van der Waals surface area contributed by atoms with E-state index in [2.05, 4.69) is 13.8 Å². The van der Waals surface area contributed by atoms with E-state index in [9.17, 15) is 5.11 Å². The lowest BCUT2D eigenvalue weighted by molar-refractivity contribution is -0.0765. The SMILES string of the molecule is CC1CC2(CCC(O)CC2)C1C. The maximum absolute atomic E-state index is 9.41. The summed E-state index contributed by atoms with van der Waals surface area (Å²) in [5.74, 6) is 1.84. The molecule has 2 fully saturated rings. The van der Waals surface area contributed by atoms with Crippen LogP contribution in [0.25, 0.3) is 0 Å². The third kappa shape index (κ3) is 1.10. The van der Waals surface area contributed by atoms with Gasteiger partial charge < -0.3 is 5.11 Å². The molecule has 2 rings (SSSR count). The van der Waals surface area contributed by atoms with E-state index in [0.717, 1.165) is 24.7 Å². The van der Waals surface area contributed by atoms with E-state index in [4.69, 9.17) is 0 Å². The molecule has 0 bridgehead atoms. The molecule has 0 saturated heterocycles. The topological polar surface area (TPSA) is 20.2 Å². The van der Waals surface area contributed by atoms with Crippen molar-refractivity contribution in [1.82, 2.24) is 0 Å². The van der Waals surface area contributed by atoms with Crippen LogP contribution < -0.4 is 0 Å². The third-order valence-electron chi connectivity index (χ3n) is 4.50. The summed E-state index contributed by atoms with van der Waals surface area (Å²) in [5, 5.41) is 9.41. The fraction of sp³-hybridized carbons (Fsp3) is 1.00. The van der Waals surface area contributed by atoms with Gasteiger partial charge in [0.25, 0.3) is 0 Å². The molecule has 2 aliphatic rings. The summed E-state index contributed by atoms with van der Waals surface area (Å²) < 4.78 is 0. The molecule has 0 amide bonds. The fourth-order valence-corrected chi connectivity index (χ4v) is 3.28. The van der Waals surface area contributed by atoms with Gasteiger partial charge in [0.2, 0.25) is 0 Å². The lowest BCUT2D eigenvalue weighted by atomic mass is 9.50. The first-order valence-electron chi connectivity index (χ1n) is 5.32. The first-order valence-corrected chi connectivity index (χ1v) is 5.32. The second-order valence-corrected chi connectivity index (χ2v) is 5.06. The molecular weight excluding hydrogens is 148 g/mol. The van der Waals surface area contributed by atoms with Crippen molar-refractivity contribution in [2.75, 3.05) is 0 Å². The second-order valence-electron chi connectivity index (χ2n) is 5.06. The molecule has 1 nitrogen and oxygen atoms in total. The van der Waals surface area contributed by atoms with Gasteiger partial charge in [-0.05, 0) is 49.4 Å². The average Bonchev–Trinajstić information content (AvgIpc) is 2.09. The van der Waals surface area contributed by atoms with Crippen molar-refractivity contribution in [1.29, 1.82) is 0 Å². The highest BCUT2D eigenvalue weighted by molar-refractivity contribution is 4.99. The zero-order valence-corrected chi connectivity index (χ0v) is 8.21. The van der Waals surface area contributed by atoms with E-state index in [0.29, 0.717) is 5.41 Å². The van der Waals surface area contributed by atoms with Crippen LogP contribution in [-0.2, 0) is 0 Å². The van der Waals surface area contributed by atoms with Crippen LogP contribution in [0.3, 0.4) is 0 Å². The molecule has 0 radical (unpaired) electrons. The van der Waals surface area contributed by atoms with E-state index in [-0.39, 0.29) is 6.10 Å². The molecule has 0 aromatic rings. The molecule has 2 atom stereocenters. The Kier molecular flexibility index (Phi) is 1.95. The quantitative estimate of drug-likeness (QED) is 0.589. The van der Waals surface area contributed by atoms with Crippen LogP contribution in [0.15, 0.2) is 0 Å². The summed E-state index contributed by atoms with van der Waals surface area (Å²) in [7, 11) is 0. The Morgan fingerprint density at radius 1 is 1.17 bits per heavy atom. The number of aliphatic hydroxyl groups is 1. The zero-order chi connectivity index (χ0) is 8.77. The Balaban J connectivity index is 1.97. The van der Waals surface area contributed by atoms with Gasteiger partial charge in [0.1, 0.15) is 0 Å². The lowest BCUT2D eigenvalue weighted by Crippen LogP contribution is -2.47. The minimum absolute atomic E-state index is 0.0127. The van der Waals surface area contributed by atoms with Crippen LogP contribution in [0.2, 0.25) is 0 Å². The van der Waals surface area contributed by atoms with Crippen molar-refractivity contribution >= 4 is 0 Å². The maximum atomic E-state index is 9.41. The molecule has 0 heterocycles. The summed E-state index contributed by atoms with van der Waals surface area (Å²) in [4.78, 5) is 0. The Morgan fingerprint density at radius 3 is 2.17 bits per heavy atom. The van der Waals surface area contributed by atoms with Crippen molar-refractivity contribution in [3.63, 3.8) is 0 Å². The van der Waals surface area contributed by atoms with E-state index >= 15 is 0 Å². The van der Waals surface area contributed by atoms with Gasteiger partial charge in [-0.15, -0.1) is 0 Å². The molecule has 12 heavy (non-hydrogen) atoms. The predicted octanol–water partition coefficient (Wildman–Crippen LogP) is 2.58. The molecule has 2 aliphatic carbocycles. The molecule has 0 aromatic heterocycles. The van der Waals surface area contributed by atoms with Crippen LogP contribution >= 0.6 is 0 Å². The van der Waals surface area contributed by atoms with Gasteiger partial charge in [0.15, 0.2) is 0 Å². The average molecular weight is 168 g/mol. The fourth-order valence-electron chi connectivity index (χ4n) is 3.28. The summed E-state index contributed by atoms with van der Waals surface area (Å²) in [6.45, 7) is 4.76. The molecule has 1 heteroatoms. The summed E-state index contributed by atoms with van der Waals surface area (Å²) in [6, 6.07) is 0. The van der Waals surface area contributed by atoms with Crippen LogP contribution in [-0.4, -0.2) is 11.2 Å². The standard InChI is InChI=1S/C11H20O/c1-8-7-11(9(8)2)5-3-10(12)4-6-11/h8-10,12H,3-7H2,1-2H3. The van der Waals surface area contributed by atoms with Gasteiger partial charge in [-0.3, -0.25) is 0 Å². The molecular formula is C11H20O. The highest BCUT2D eigenvalue weighted by Crippen LogP contribution is 2.58. The van der Waals surface area contributed by atoms with Gasteiger partial charge in [-0.1, -0.05) is 13.8 Å². The van der Waals surface area contributed by atoms with Gasteiger partial charge in [-0.2, -0.15) is 0 Å². The van der Waals surface area contributed by atoms with Crippen molar-refractivity contribution < 1.29 is 5.11 Å². The number of rotatable bonds is 0. The molecule has 0 aliphatic heterocycles. The van der Waals surface area contributed by atoms with E-state index in [1.165, 1.54) is 19.3 Å². The van der Waals surface area contributed by atoms with E-state index in [1.807, 2.05) is 0 Å². The third-order valence-corrected chi connectivity index (χ3v) is 4.50. The Labute approximate surface area is 75.2 Å². The predicted molar refractivity (Wildman–Crippen MR) is 49.9 cm³/mol. The zero-order valence-electron chi connectivity index (χ0n) is 8.21. The first kappa shape index (κ1) is 8.55. The maximum Gasteiger partial charge on any atom is 0.0540 e. The monoisotopic (exact) mass is 168 g/mol. The van der Waals surface area contributed by atoms with Gasteiger partial charge in [0.05, 0.1) is 6.10 Å². The normalized spacial score (nSPS) is 53.8. The van der Waals surface area contributed by atoms with E-state index < -0.39 is 0 Å². The molecule has 1 N–H and O–H groups in total. The van der Waals surface area contributed by atoms with Crippen LogP contribution in [0, 0.1) is 17.3 Å². The highest BCUT2D eigenvalue weighted by atomic mass is 16.3. The summed E-state index contributed by atoms with van der Waals surface area (Å²) in [6.07, 6.45) is 6.09. The lowest BCUT2D eigenvalue weighted by Gasteiger charge is -2.56. The first-order chi connectivity index (χ1) is 5.64. The van der Waals surface area contributed by atoms with Crippen molar-refractivity contribution in [2.45, 2.75) is 52.1 Å². The Bertz CT molecular complexity index is 168. The summed E-state index contributed by atoms with van der Waals surface area (Å²) in [5.41, 5.74) is 0.651. The summed E-state index contributed by atoms with van der Waals surface area (Å²) >= 11 is 0. The smallest absolute Gasteiger partial charge is 0.0540 e. The van der Waals surface area contributed by atoms with Crippen molar-refractivity contribution in [2.24, 2.45) is 17.3 Å². The molecule has 2 saturated carbocycles. The minimum Gasteiger partial charge on any atom is -0.393 e. The Morgan fingerprint density at radius 2 is 1.75 bits per heavy atom. The largest absolute Gasteiger partial charge is 0.393 e. The van der Waals surface area contributed by atoms with Crippen molar-refractivity contribution in [3.05, 3.63) is 0 Å². The minimum atomic E-state index is 0.0127. The molecule has 2 unspecified atom stereocenters. The number of hydrogen-bond acceptors (Lipinski definition) is 1. The van der Waals surface area contributed by atoms with Crippen LogP contribution in [0.5, 0.6) is 0 Å². The second kappa shape index (κ2) is 2.73. The molecule has 1 spiro atoms. The van der Waals surface area contributed by atoms with Gasteiger partial charge in [-0.25, -0.2) is 0 Å². The number of aliphatic hydroxyl groups excluding tert-OH is 1. The molecule has 70 valence electrons. The molecule has 0 aromatic carbocycles. The van der Waals surface area contributed by atoms with Crippen molar-refractivity contribution in [3.8, 4) is 0 Å². The Hall–Kier alpha value is -0.0400. The van der Waals surface area contributed by atoms with E-state index in [1.54, 1.807) is 0 Å². The van der Waals surface area contributed by atoms with Gasteiger partial charge >= 0.3 is 0 Å².